The average Bonchev–Trinajstić information content (AvgIpc) is 2.93. The van der Waals surface area contributed by atoms with E-state index in [4.69, 9.17) is 10.6 Å². The number of imide groups is 1. The first kappa shape index (κ1) is 22.5. The van der Waals surface area contributed by atoms with E-state index in [1.807, 2.05) is 52.8 Å². The van der Waals surface area contributed by atoms with Crippen LogP contribution in [0.2, 0.25) is 0 Å². The second-order valence-electron chi connectivity index (χ2n) is 7.73. The molecule has 0 bridgehead atoms. The smallest absolute Gasteiger partial charge is 0.321 e. The molecule has 158 valence electrons. The van der Waals surface area contributed by atoms with Crippen LogP contribution in [-0.4, -0.2) is 37.6 Å². The van der Waals surface area contributed by atoms with E-state index < -0.39 is 22.7 Å². The molecule has 0 radical (unpaired) electrons. The predicted octanol–water partition coefficient (Wildman–Crippen LogP) is 2.29. The highest BCUT2D eigenvalue weighted by Crippen LogP contribution is 2.24. The van der Waals surface area contributed by atoms with E-state index in [-0.39, 0.29) is 6.61 Å². The number of aromatic nitrogens is 3. The van der Waals surface area contributed by atoms with Gasteiger partial charge >= 0.3 is 6.03 Å². The van der Waals surface area contributed by atoms with Crippen molar-refractivity contribution in [2.24, 2.45) is 0 Å². The Kier molecular flexibility index (Phi) is 7.12. The molecule has 0 unspecified atom stereocenters. The monoisotopic (exact) mass is 420 g/mol. The highest BCUT2D eigenvalue weighted by molar-refractivity contribution is 8.00. The Morgan fingerprint density at radius 1 is 1.24 bits per heavy atom. The summed E-state index contributed by atoms with van der Waals surface area (Å²) in [5, 5.41) is 12.8. The Hall–Kier alpha value is -2.75. The third kappa shape index (κ3) is 6.38. The summed E-state index contributed by atoms with van der Waals surface area (Å²) >= 11 is 1.10. The molecule has 2 rings (SSSR count). The van der Waals surface area contributed by atoms with Crippen molar-refractivity contribution in [3.63, 3.8) is 0 Å². The topological polar surface area (TPSA) is 124 Å². The standard InChI is InChI=1S/C19H28N6O3S/c1-11-8-7-9-12(2)15(11)28-10-14-23-24-18(25(14)20)29-13(3)16(26)21-17(27)22-19(4,5)6/h7-9,13H,10,20H2,1-6H3,(H2,21,22,26,27)/t13-/m0/s1. The van der Waals surface area contributed by atoms with Crippen molar-refractivity contribution in [2.45, 2.75) is 64.1 Å². The van der Waals surface area contributed by atoms with Gasteiger partial charge in [0.1, 0.15) is 12.4 Å². The van der Waals surface area contributed by atoms with E-state index in [1.54, 1.807) is 6.92 Å². The molecule has 0 spiro atoms. The molecule has 0 aliphatic carbocycles. The fraction of sp³-hybridized carbons (Fsp3) is 0.474. The first-order valence-corrected chi connectivity index (χ1v) is 10.0. The SMILES string of the molecule is Cc1cccc(C)c1OCc1nnc(S[C@@H](C)C(=O)NC(=O)NC(C)(C)C)n1N. The molecule has 0 saturated heterocycles. The number of hydrogen-bond donors (Lipinski definition) is 3. The Morgan fingerprint density at radius 2 is 1.86 bits per heavy atom. The van der Waals surface area contributed by atoms with Crippen molar-refractivity contribution in [2.75, 3.05) is 5.84 Å². The normalized spacial score (nSPS) is 12.3. The van der Waals surface area contributed by atoms with Gasteiger partial charge in [-0.2, -0.15) is 0 Å². The number of carbonyl (C=O) groups excluding carboxylic acids is 2. The molecule has 1 aromatic carbocycles. The van der Waals surface area contributed by atoms with E-state index >= 15 is 0 Å². The molecule has 0 fully saturated rings. The summed E-state index contributed by atoms with van der Waals surface area (Å²) in [6.45, 7) is 11.2. The lowest BCUT2D eigenvalue weighted by atomic mass is 10.1. The number of hydrogen-bond acceptors (Lipinski definition) is 7. The number of nitrogens with zero attached hydrogens (tertiary/aromatic N) is 3. The van der Waals surface area contributed by atoms with E-state index in [0.717, 1.165) is 28.6 Å². The van der Waals surface area contributed by atoms with Crippen molar-refractivity contribution in [3.05, 3.63) is 35.2 Å². The maximum absolute atomic E-state index is 12.2. The number of carbonyl (C=O) groups is 2. The van der Waals surface area contributed by atoms with Gasteiger partial charge in [0.15, 0.2) is 5.82 Å². The molecule has 10 heteroatoms. The minimum absolute atomic E-state index is 0.143. The minimum Gasteiger partial charge on any atom is -0.485 e. The number of ether oxygens (including phenoxy) is 1. The molecule has 0 saturated carbocycles. The molecule has 1 atom stereocenters. The molecule has 1 aromatic heterocycles. The number of benzene rings is 1. The number of nitrogen functional groups attached to an aromatic ring is 1. The van der Waals surface area contributed by atoms with Crippen LogP contribution < -0.4 is 21.2 Å². The molecular weight excluding hydrogens is 392 g/mol. The lowest BCUT2D eigenvalue weighted by Crippen LogP contribution is -2.49. The quantitative estimate of drug-likeness (QED) is 0.484. The van der Waals surface area contributed by atoms with Crippen LogP contribution in [0, 0.1) is 13.8 Å². The van der Waals surface area contributed by atoms with E-state index in [0.29, 0.717) is 11.0 Å². The van der Waals surface area contributed by atoms with Gasteiger partial charge in [0, 0.05) is 5.54 Å². The Labute approximate surface area is 174 Å². The van der Waals surface area contributed by atoms with Gasteiger partial charge in [-0.15, -0.1) is 10.2 Å². The second-order valence-corrected chi connectivity index (χ2v) is 9.04. The molecule has 9 nitrogen and oxygen atoms in total. The van der Waals surface area contributed by atoms with Crippen LogP contribution in [0.15, 0.2) is 23.4 Å². The second kappa shape index (κ2) is 9.17. The lowest BCUT2D eigenvalue weighted by molar-refractivity contribution is -0.119. The average molecular weight is 421 g/mol. The highest BCUT2D eigenvalue weighted by Gasteiger charge is 2.23. The van der Waals surface area contributed by atoms with Gasteiger partial charge in [0.25, 0.3) is 0 Å². The van der Waals surface area contributed by atoms with E-state index in [9.17, 15) is 9.59 Å². The van der Waals surface area contributed by atoms with Gasteiger partial charge in [-0.1, -0.05) is 30.0 Å². The Bertz CT molecular complexity index is 870. The largest absolute Gasteiger partial charge is 0.485 e. The summed E-state index contributed by atoms with van der Waals surface area (Å²) in [6, 6.07) is 5.35. The van der Waals surface area contributed by atoms with Crippen LogP contribution in [-0.2, 0) is 11.4 Å². The Balaban J connectivity index is 1.96. The third-order valence-electron chi connectivity index (χ3n) is 3.87. The first-order valence-electron chi connectivity index (χ1n) is 9.16. The number of nitrogens with one attached hydrogen (secondary N) is 2. The summed E-state index contributed by atoms with van der Waals surface area (Å²) < 4.78 is 7.14. The van der Waals surface area contributed by atoms with E-state index in [2.05, 4.69) is 20.8 Å². The van der Waals surface area contributed by atoms with Gasteiger partial charge < -0.3 is 15.9 Å². The van der Waals surface area contributed by atoms with Crippen molar-refractivity contribution < 1.29 is 14.3 Å². The number of aryl methyl sites for hydroxylation is 2. The van der Waals surface area contributed by atoms with E-state index in [1.165, 1.54) is 4.68 Å². The van der Waals surface area contributed by atoms with Gasteiger partial charge in [-0.05, 0) is 52.7 Å². The number of urea groups is 1. The van der Waals surface area contributed by atoms with Crippen LogP contribution in [0.4, 0.5) is 4.79 Å². The minimum atomic E-state index is -0.598. The van der Waals surface area contributed by atoms with Crippen molar-refractivity contribution in [1.82, 2.24) is 25.5 Å². The van der Waals surface area contributed by atoms with Crippen molar-refractivity contribution in [1.29, 1.82) is 0 Å². The zero-order valence-corrected chi connectivity index (χ0v) is 18.4. The van der Waals surface area contributed by atoms with Gasteiger partial charge in [0.05, 0.1) is 5.25 Å². The van der Waals surface area contributed by atoms with Gasteiger partial charge in [-0.25, -0.2) is 9.47 Å². The fourth-order valence-electron chi connectivity index (χ4n) is 2.45. The number of nitrogens with two attached hydrogens (primary N) is 1. The third-order valence-corrected chi connectivity index (χ3v) is 4.92. The number of para-hydroxylation sites is 1. The molecule has 4 N–H and O–H groups in total. The molecule has 3 amide bonds. The molecule has 1 heterocycles. The van der Waals surface area contributed by atoms with Gasteiger partial charge in [0.2, 0.25) is 11.1 Å². The van der Waals surface area contributed by atoms with Crippen molar-refractivity contribution >= 4 is 23.7 Å². The summed E-state index contributed by atoms with van der Waals surface area (Å²) in [7, 11) is 0. The zero-order chi connectivity index (χ0) is 21.8. The molecule has 2 aromatic rings. The van der Waals surface area contributed by atoms with Crippen LogP contribution in [0.5, 0.6) is 5.75 Å². The van der Waals surface area contributed by atoms with Crippen molar-refractivity contribution in [3.8, 4) is 5.75 Å². The molecule has 0 aliphatic heterocycles. The van der Waals surface area contributed by atoms with Crippen LogP contribution in [0.1, 0.15) is 44.6 Å². The summed E-state index contributed by atoms with van der Waals surface area (Å²) in [4.78, 5) is 24.1. The zero-order valence-electron chi connectivity index (χ0n) is 17.6. The van der Waals surface area contributed by atoms with Crippen LogP contribution in [0.25, 0.3) is 0 Å². The lowest BCUT2D eigenvalue weighted by Gasteiger charge is -2.21. The fourth-order valence-corrected chi connectivity index (χ4v) is 3.24. The molecule has 29 heavy (non-hydrogen) atoms. The molecule has 0 aliphatic rings. The maximum atomic E-state index is 12.2. The predicted molar refractivity (Wildman–Crippen MR) is 112 cm³/mol. The van der Waals surface area contributed by atoms with Crippen LogP contribution >= 0.6 is 11.8 Å². The number of amides is 3. The number of rotatable bonds is 6. The van der Waals surface area contributed by atoms with Crippen LogP contribution in [0.3, 0.4) is 0 Å². The number of thioether (sulfide) groups is 1. The maximum Gasteiger partial charge on any atom is 0.321 e. The molecular formula is C19H28N6O3S. The van der Waals surface area contributed by atoms with Gasteiger partial charge in [-0.3, -0.25) is 10.1 Å². The summed E-state index contributed by atoms with van der Waals surface area (Å²) in [6.07, 6.45) is 0. The highest BCUT2D eigenvalue weighted by atomic mass is 32.2. The summed E-state index contributed by atoms with van der Waals surface area (Å²) in [5.74, 6) is 6.81. The Morgan fingerprint density at radius 3 is 2.45 bits per heavy atom. The summed E-state index contributed by atoms with van der Waals surface area (Å²) in [5.41, 5.74) is 1.59. The first-order chi connectivity index (χ1) is 13.5.